The maximum absolute atomic E-state index is 3.84. The summed E-state index contributed by atoms with van der Waals surface area (Å²) in [4.78, 5) is 0. The van der Waals surface area contributed by atoms with E-state index in [1.807, 2.05) is 0 Å². The third-order valence-electron chi connectivity index (χ3n) is 4.63. The van der Waals surface area contributed by atoms with E-state index in [1.54, 1.807) is 0 Å². The minimum Gasteiger partial charge on any atom is -0.311 e. The topological polar surface area (TPSA) is 12.0 Å². The molecule has 0 radical (unpaired) electrons. The van der Waals surface area contributed by atoms with Crippen LogP contribution >= 0.6 is 0 Å². The summed E-state index contributed by atoms with van der Waals surface area (Å²) < 4.78 is 0. The third kappa shape index (κ3) is 3.35. The smallest absolute Gasteiger partial charge is 0.00980 e. The van der Waals surface area contributed by atoms with Crippen molar-refractivity contribution >= 4 is 0 Å². The van der Waals surface area contributed by atoms with E-state index >= 15 is 0 Å². The fourth-order valence-electron chi connectivity index (χ4n) is 3.45. The molecule has 1 aromatic carbocycles. The van der Waals surface area contributed by atoms with Gasteiger partial charge < -0.3 is 5.32 Å². The van der Waals surface area contributed by atoms with Gasteiger partial charge in [0.2, 0.25) is 0 Å². The van der Waals surface area contributed by atoms with Gasteiger partial charge in [0.25, 0.3) is 0 Å². The average Bonchev–Trinajstić information content (AvgIpc) is 2.71. The first-order chi connectivity index (χ1) is 8.70. The highest BCUT2D eigenvalue weighted by molar-refractivity contribution is 5.15. The van der Waals surface area contributed by atoms with Crippen molar-refractivity contribution in [3.8, 4) is 0 Å². The molecule has 1 nitrogen and oxygen atoms in total. The highest BCUT2D eigenvalue weighted by Crippen LogP contribution is 2.34. The molecule has 0 bridgehead atoms. The Morgan fingerprint density at radius 1 is 1.22 bits per heavy atom. The Morgan fingerprint density at radius 2 is 1.94 bits per heavy atom. The number of nitrogens with one attached hydrogen (secondary N) is 1. The molecule has 1 aromatic rings. The van der Waals surface area contributed by atoms with Crippen LogP contribution in [0, 0.1) is 11.8 Å². The summed E-state index contributed by atoms with van der Waals surface area (Å²) in [6.07, 6.45) is 5.25. The highest BCUT2D eigenvalue weighted by atomic mass is 15.0. The lowest BCUT2D eigenvalue weighted by Crippen LogP contribution is -2.40. The van der Waals surface area contributed by atoms with Crippen molar-refractivity contribution in [2.24, 2.45) is 11.8 Å². The fourth-order valence-corrected chi connectivity index (χ4v) is 3.45. The Balaban J connectivity index is 1.83. The molecule has 1 aliphatic rings. The van der Waals surface area contributed by atoms with Crippen LogP contribution in [0.5, 0.6) is 0 Å². The maximum Gasteiger partial charge on any atom is 0.00980 e. The lowest BCUT2D eigenvalue weighted by atomic mass is 9.93. The van der Waals surface area contributed by atoms with Gasteiger partial charge in [0.05, 0.1) is 0 Å². The molecule has 1 fully saturated rings. The molecule has 0 heterocycles. The van der Waals surface area contributed by atoms with Crippen LogP contribution in [0.15, 0.2) is 30.3 Å². The van der Waals surface area contributed by atoms with Crippen molar-refractivity contribution in [3.63, 3.8) is 0 Å². The summed E-state index contributed by atoms with van der Waals surface area (Å²) >= 11 is 0. The molecule has 1 saturated carbocycles. The predicted molar refractivity (Wildman–Crippen MR) is 78.7 cm³/mol. The van der Waals surface area contributed by atoms with Crippen molar-refractivity contribution in [2.75, 3.05) is 0 Å². The SMILES string of the molecule is CCC1CCC(NC(C)Cc2ccccc2)C1C. The van der Waals surface area contributed by atoms with Crippen molar-refractivity contribution in [2.45, 2.75) is 58.5 Å². The Labute approximate surface area is 112 Å². The molecule has 0 spiro atoms. The van der Waals surface area contributed by atoms with E-state index in [9.17, 15) is 0 Å². The lowest BCUT2D eigenvalue weighted by Gasteiger charge is -2.25. The zero-order valence-corrected chi connectivity index (χ0v) is 12.0. The van der Waals surface area contributed by atoms with Crippen LogP contribution in [-0.4, -0.2) is 12.1 Å². The zero-order valence-electron chi connectivity index (χ0n) is 12.0. The fraction of sp³-hybridized carbons (Fsp3) is 0.647. The molecule has 0 aromatic heterocycles. The van der Waals surface area contributed by atoms with E-state index < -0.39 is 0 Å². The van der Waals surface area contributed by atoms with Gasteiger partial charge in [-0.3, -0.25) is 0 Å². The van der Waals surface area contributed by atoms with Crippen LogP contribution in [-0.2, 0) is 6.42 Å². The second-order valence-corrected chi connectivity index (χ2v) is 5.97. The first-order valence-electron chi connectivity index (χ1n) is 7.50. The molecule has 18 heavy (non-hydrogen) atoms. The van der Waals surface area contributed by atoms with Crippen LogP contribution < -0.4 is 5.32 Å². The second kappa shape index (κ2) is 6.38. The van der Waals surface area contributed by atoms with Gasteiger partial charge >= 0.3 is 0 Å². The molecule has 0 aliphatic heterocycles. The van der Waals surface area contributed by atoms with E-state index in [2.05, 4.69) is 56.4 Å². The van der Waals surface area contributed by atoms with E-state index in [0.29, 0.717) is 6.04 Å². The number of rotatable bonds is 5. The van der Waals surface area contributed by atoms with Crippen molar-refractivity contribution in [1.29, 1.82) is 0 Å². The summed E-state index contributed by atoms with van der Waals surface area (Å²) in [6.45, 7) is 7.07. The molecule has 4 unspecified atom stereocenters. The van der Waals surface area contributed by atoms with Gasteiger partial charge in [0.1, 0.15) is 0 Å². The zero-order chi connectivity index (χ0) is 13.0. The Morgan fingerprint density at radius 3 is 2.56 bits per heavy atom. The molecule has 0 saturated heterocycles. The van der Waals surface area contributed by atoms with E-state index in [0.717, 1.165) is 24.3 Å². The molecule has 1 heteroatoms. The predicted octanol–water partition coefficient (Wildman–Crippen LogP) is 4.03. The molecule has 1 N–H and O–H groups in total. The van der Waals surface area contributed by atoms with Crippen LogP contribution in [0.1, 0.15) is 45.6 Å². The molecule has 2 rings (SSSR count). The number of hydrogen-bond acceptors (Lipinski definition) is 1. The van der Waals surface area contributed by atoms with Crippen molar-refractivity contribution < 1.29 is 0 Å². The monoisotopic (exact) mass is 245 g/mol. The molecule has 100 valence electrons. The standard InChI is InChI=1S/C17H27N/c1-4-16-10-11-17(14(16)3)18-13(2)12-15-8-6-5-7-9-15/h5-9,13-14,16-18H,4,10-12H2,1-3H3. The first-order valence-corrected chi connectivity index (χ1v) is 7.50. The van der Waals surface area contributed by atoms with Gasteiger partial charge in [-0.05, 0) is 43.6 Å². The molecule has 0 amide bonds. The average molecular weight is 245 g/mol. The second-order valence-electron chi connectivity index (χ2n) is 5.97. The molecular formula is C17H27N. The first kappa shape index (κ1) is 13.6. The van der Waals surface area contributed by atoms with Gasteiger partial charge in [-0.15, -0.1) is 0 Å². The van der Waals surface area contributed by atoms with Gasteiger partial charge in [-0.1, -0.05) is 50.6 Å². The van der Waals surface area contributed by atoms with Crippen LogP contribution in [0.2, 0.25) is 0 Å². The maximum atomic E-state index is 3.84. The number of benzene rings is 1. The van der Waals surface area contributed by atoms with Crippen molar-refractivity contribution in [3.05, 3.63) is 35.9 Å². The van der Waals surface area contributed by atoms with Crippen molar-refractivity contribution in [1.82, 2.24) is 5.32 Å². The summed E-state index contributed by atoms with van der Waals surface area (Å²) in [5.41, 5.74) is 1.44. The minimum absolute atomic E-state index is 0.579. The molecule has 1 aliphatic carbocycles. The molecular weight excluding hydrogens is 218 g/mol. The van der Waals surface area contributed by atoms with Gasteiger partial charge in [0, 0.05) is 12.1 Å². The summed E-state index contributed by atoms with van der Waals surface area (Å²) in [5.74, 6) is 1.78. The lowest BCUT2D eigenvalue weighted by molar-refractivity contribution is 0.325. The number of hydrogen-bond donors (Lipinski definition) is 1. The Bertz CT molecular complexity index is 346. The summed E-state index contributed by atoms with van der Waals surface area (Å²) in [6, 6.07) is 12.1. The third-order valence-corrected chi connectivity index (χ3v) is 4.63. The quantitative estimate of drug-likeness (QED) is 0.826. The highest BCUT2D eigenvalue weighted by Gasteiger charge is 2.31. The Hall–Kier alpha value is -0.820. The van der Waals surface area contributed by atoms with Gasteiger partial charge in [0.15, 0.2) is 0 Å². The van der Waals surface area contributed by atoms with Gasteiger partial charge in [-0.2, -0.15) is 0 Å². The Kier molecular flexibility index (Phi) is 4.82. The summed E-state index contributed by atoms with van der Waals surface area (Å²) in [5, 5.41) is 3.84. The summed E-state index contributed by atoms with van der Waals surface area (Å²) in [7, 11) is 0. The van der Waals surface area contributed by atoms with Crippen LogP contribution in [0.25, 0.3) is 0 Å². The van der Waals surface area contributed by atoms with Gasteiger partial charge in [-0.25, -0.2) is 0 Å². The largest absolute Gasteiger partial charge is 0.311 e. The van der Waals surface area contributed by atoms with Crippen LogP contribution in [0.4, 0.5) is 0 Å². The van der Waals surface area contributed by atoms with E-state index in [-0.39, 0.29) is 0 Å². The molecule has 4 atom stereocenters. The van der Waals surface area contributed by atoms with E-state index in [1.165, 1.54) is 24.8 Å². The van der Waals surface area contributed by atoms with E-state index in [4.69, 9.17) is 0 Å². The van der Waals surface area contributed by atoms with Crippen LogP contribution in [0.3, 0.4) is 0 Å². The minimum atomic E-state index is 0.579. The normalized spacial score (nSPS) is 29.4.